The smallest absolute Gasteiger partial charge is 0.405 e. The standard InChI is InChI=1S/C12H18ClN3O3/c1-8(4-12(2,3)16-11(17)18)7-19-9-5-14-10(13)15-6-9/h5-6,8,16H,4,7H2,1-3H3,(H,17,18). The molecule has 0 bridgehead atoms. The molecule has 0 aliphatic carbocycles. The molecule has 1 aromatic rings. The van der Waals surface area contributed by atoms with Crippen molar-refractivity contribution >= 4 is 17.7 Å². The molecule has 0 radical (unpaired) electrons. The van der Waals surface area contributed by atoms with Crippen LogP contribution in [0.3, 0.4) is 0 Å². The van der Waals surface area contributed by atoms with Crippen LogP contribution in [-0.4, -0.2) is 33.3 Å². The highest BCUT2D eigenvalue weighted by Gasteiger charge is 2.23. The summed E-state index contributed by atoms with van der Waals surface area (Å²) in [5, 5.41) is 11.4. The maximum atomic E-state index is 10.6. The zero-order chi connectivity index (χ0) is 14.5. The Hall–Kier alpha value is -1.56. The Morgan fingerprint density at radius 1 is 1.53 bits per heavy atom. The summed E-state index contributed by atoms with van der Waals surface area (Å²) in [5.74, 6) is 0.720. The molecule has 0 aromatic carbocycles. The van der Waals surface area contributed by atoms with Gasteiger partial charge < -0.3 is 15.2 Å². The molecule has 0 aliphatic rings. The first-order chi connectivity index (χ1) is 8.78. The number of halogens is 1. The van der Waals surface area contributed by atoms with Gasteiger partial charge in [-0.05, 0) is 37.8 Å². The molecule has 0 spiro atoms. The fourth-order valence-corrected chi connectivity index (χ4v) is 1.98. The van der Waals surface area contributed by atoms with Gasteiger partial charge in [0.15, 0.2) is 5.75 Å². The highest BCUT2D eigenvalue weighted by atomic mass is 35.5. The van der Waals surface area contributed by atoms with E-state index in [1.807, 2.05) is 20.8 Å². The SMILES string of the molecule is CC(COc1cnc(Cl)nc1)CC(C)(C)NC(=O)O. The third-order valence-corrected chi connectivity index (χ3v) is 2.63. The van der Waals surface area contributed by atoms with E-state index in [0.717, 1.165) is 0 Å². The molecule has 1 unspecified atom stereocenters. The zero-order valence-corrected chi connectivity index (χ0v) is 11.9. The topological polar surface area (TPSA) is 84.3 Å². The van der Waals surface area contributed by atoms with Gasteiger partial charge >= 0.3 is 6.09 Å². The van der Waals surface area contributed by atoms with E-state index in [0.29, 0.717) is 18.8 Å². The van der Waals surface area contributed by atoms with Gasteiger partial charge in [0.1, 0.15) is 0 Å². The Bertz CT molecular complexity index is 423. The van der Waals surface area contributed by atoms with Gasteiger partial charge in [-0.15, -0.1) is 0 Å². The Morgan fingerprint density at radius 2 is 2.11 bits per heavy atom. The average molecular weight is 288 g/mol. The molecule has 19 heavy (non-hydrogen) atoms. The maximum absolute atomic E-state index is 10.6. The summed E-state index contributed by atoms with van der Waals surface area (Å²) in [4.78, 5) is 18.3. The van der Waals surface area contributed by atoms with E-state index in [2.05, 4.69) is 15.3 Å². The van der Waals surface area contributed by atoms with Crippen molar-refractivity contribution in [2.75, 3.05) is 6.61 Å². The molecule has 0 saturated carbocycles. The van der Waals surface area contributed by atoms with E-state index in [1.54, 1.807) is 0 Å². The number of amides is 1. The molecule has 1 heterocycles. The minimum atomic E-state index is -1.02. The molecule has 0 fully saturated rings. The number of hydrogen-bond donors (Lipinski definition) is 2. The van der Waals surface area contributed by atoms with Gasteiger partial charge in [0.25, 0.3) is 0 Å². The first kappa shape index (κ1) is 15.5. The molecular weight excluding hydrogens is 270 g/mol. The van der Waals surface area contributed by atoms with Gasteiger partial charge in [0.05, 0.1) is 19.0 Å². The summed E-state index contributed by atoms with van der Waals surface area (Å²) in [7, 11) is 0. The summed E-state index contributed by atoms with van der Waals surface area (Å²) < 4.78 is 5.51. The summed E-state index contributed by atoms with van der Waals surface area (Å²) in [5.41, 5.74) is -0.495. The lowest BCUT2D eigenvalue weighted by atomic mass is 9.92. The lowest BCUT2D eigenvalue weighted by molar-refractivity contribution is 0.169. The third kappa shape index (κ3) is 6.24. The Labute approximate surface area is 117 Å². The second-order valence-corrected chi connectivity index (χ2v) is 5.46. The number of nitrogens with zero attached hydrogens (tertiary/aromatic N) is 2. The number of nitrogens with one attached hydrogen (secondary N) is 1. The van der Waals surface area contributed by atoms with E-state index in [-0.39, 0.29) is 11.2 Å². The predicted molar refractivity (Wildman–Crippen MR) is 71.6 cm³/mol. The van der Waals surface area contributed by atoms with Crippen molar-refractivity contribution in [2.45, 2.75) is 32.7 Å². The van der Waals surface area contributed by atoms with Gasteiger partial charge in [-0.1, -0.05) is 6.92 Å². The van der Waals surface area contributed by atoms with Crippen molar-refractivity contribution in [3.63, 3.8) is 0 Å². The molecule has 6 nitrogen and oxygen atoms in total. The number of carbonyl (C=O) groups is 1. The number of aromatic nitrogens is 2. The van der Waals surface area contributed by atoms with E-state index in [9.17, 15) is 4.79 Å². The lowest BCUT2D eigenvalue weighted by Crippen LogP contribution is -2.44. The van der Waals surface area contributed by atoms with Crippen LogP contribution in [0.4, 0.5) is 4.79 Å². The fourth-order valence-electron chi connectivity index (χ4n) is 1.88. The van der Waals surface area contributed by atoms with Crippen molar-refractivity contribution < 1.29 is 14.6 Å². The molecule has 0 saturated heterocycles. The average Bonchev–Trinajstić information content (AvgIpc) is 2.25. The van der Waals surface area contributed by atoms with Crippen molar-refractivity contribution in [3.8, 4) is 5.75 Å². The van der Waals surface area contributed by atoms with Gasteiger partial charge in [0.2, 0.25) is 5.28 Å². The fraction of sp³-hybridized carbons (Fsp3) is 0.583. The van der Waals surface area contributed by atoms with Crippen LogP contribution in [0.2, 0.25) is 5.28 Å². The Kier molecular flexibility index (Phi) is 5.35. The van der Waals surface area contributed by atoms with Crippen LogP contribution in [0.1, 0.15) is 27.2 Å². The van der Waals surface area contributed by atoms with E-state index in [4.69, 9.17) is 21.4 Å². The molecular formula is C12H18ClN3O3. The largest absolute Gasteiger partial charge is 0.490 e. The number of hydrogen-bond acceptors (Lipinski definition) is 4. The van der Waals surface area contributed by atoms with Crippen LogP contribution in [0.15, 0.2) is 12.4 Å². The lowest BCUT2D eigenvalue weighted by Gasteiger charge is -2.27. The molecule has 1 amide bonds. The quantitative estimate of drug-likeness (QED) is 0.786. The minimum Gasteiger partial charge on any atom is -0.490 e. The molecule has 2 N–H and O–H groups in total. The second kappa shape index (κ2) is 6.56. The van der Waals surface area contributed by atoms with Crippen LogP contribution in [-0.2, 0) is 0 Å². The van der Waals surface area contributed by atoms with E-state index < -0.39 is 11.6 Å². The molecule has 7 heteroatoms. The number of rotatable bonds is 6. The van der Waals surface area contributed by atoms with Crippen LogP contribution >= 0.6 is 11.6 Å². The molecule has 0 aliphatic heterocycles. The van der Waals surface area contributed by atoms with Crippen molar-refractivity contribution in [2.24, 2.45) is 5.92 Å². The first-order valence-electron chi connectivity index (χ1n) is 5.90. The minimum absolute atomic E-state index is 0.173. The summed E-state index contributed by atoms with van der Waals surface area (Å²) in [6.45, 7) is 6.11. The Balaban J connectivity index is 2.41. The summed E-state index contributed by atoms with van der Waals surface area (Å²) >= 11 is 5.57. The van der Waals surface area contributed by atoms with Gasteiger partial charge in [-0.3, -0.25) is 0 Å². The highest BCUT2D eigenvalue weighted by Crippen LogP contribution is 2.18. The molecule has 1 rings (SSSR count). The van der Waals surface area contributed by atoms with Crippen LogP contribution in [0.5, 0.6) is 5.75 Å². The van der Waals surface area contributed by atoms with Gasteiger partial charge in [-0.25, -0.2) is 14.8 Å². The van der Waals surface area contributed by atoms with Crippen molar-refractivity contribution in [3.05, 3.63) is 17.7 Å². The Morgan fingerprint density at radius 3 is 2.63 bits per heavy atom. The summed E-state index contributed by atoms with van der Waals surface area (Å²) in [6.07, 6.45) is 2.64. The van der Waals surface area contributed by atoms with Crippen LogP contribution < -0.4 is 10.1 Å². The maximum Gasteiger partial charge on any atom is 0.405 e. The van der Waals surface area contributed by atoms with Crippen molar-refractivity contribution in [1.82, 2.24) is 15.3 Å². The van der Waals surface area contributed by atoms with Crippen LogP contribution in [0.25, 0.3) is 0 Å². The number of ether oxygens (including phenoxy) is 1. The van der Waals surface area contributed by atoms with E-state index in [1.165, 1.54) is 12.4 Å². The number of carboxylic acid groups (broad SMARTS) is 1. The monoisotopic (exact) mass is 287 g/mol. The second-order valence-electron chi connectivity index (χ2n) is 5.12. The van der Waals surface area contributed by atoms with Gasteiger partial charge in [0, 0.05) is 5.54 Å². The molecule has 1 aromatic heterocycles. The predicted octanol–water partition coefficient (Wildman–Crippen LogP) is 2.58. The van der Waals surface area contributed by atoms with Crippen LogP contribution in [0, 0.1) is 5.92 Å². The first-order valence-corrected chi connectivity index (χ1v) is 6.28. The molecule has 1 atom stereocenters. The third-order valence-electron chi connectivity index (χ3n) is 2.44. The summed E-state index contributed by atoms with van der Waals surface area (Å²) in [6, 6.07) is 0. The normalized spacial score (nSPS) is 12.8. The molecule has 106 valence electrons. The van der Waals surface area contributed by atoms with Gasteiger partial charge in [-0.2, -0.15) is 0 Å². The highest BCUT2D eigenvalue weighted by molar-refractivity contribution is 6.28. The van der Waals surface area contributed by atoms with Crippen molar-refractivity contribution in [1.29, 1.82) is 0 Å². The van der Waals surface area contributed by atoms with E-state index >= 15 is 0 Å². The zero-order valence-electron chi connectivity index (χ0n) is 11.2.